The minimum absolute atomic E-state index is 0.0555. The summed E-state index contributed by atoms with van der Waals surface area (Å²) in [7, 11) is 0. The lowest BCUT2D eigenvalue weighted by molar-refractivity contribution is -0.118. The number of halogens is 1. The van der Waals surface area contributed by atoms with Crippen molar-refractivity contribution in [2.75, 3.05) is 11.9 Å². The second-order valence-corrected chi connectivity index (χ2v) is 7.42. The quantitative estimate of drug-likeness (QED) is 0.620. The topological polar surface area (TPSA) is 51.2 Å². The van der Waals surface area contributed by atoms with Crippen molar-refractivity contribution in [3.63, 3.8) is 0 Å². The Balaban J connectivity index is 1.62. The van der Waals surface area contributed by atoms with E-state index in [1.54, 1.807) is 12.1 Å². The molecule has 0 unspecified atom stereocenters. The van der Waals surface area contributed by atoms with Crippen LogP contribution in [0, 0.1) is 13.8 Å². The van der Waals surface area contributed by atoms with E-state index in [0.29, 0.717) is 10.9 Å². The monoisotopic (exact) mass is 416 g/mol. The molecule has 1 aromatic heterocycles. The number of carbonyl (C=O) groups excluding carboxylic acids is 1. The van der Waals surface area contributed by atoms with Crippen LogP contribution in [-0.2, 0) is 4.79 Å². The van der Waals surface area contributed by atoms with Gasteiger partial charge in [0.25, 0.3) is 5.91 Å². The van der Waals surface area contributed by atoms with E-state index in [9.17, 15) is 4.79 Å². The molecule has 0 aliphatic rings. The van der Waals surface area contributed by atoms with Gasteiger partial charge in [0.15, 0.2) is 11.7 Å². The minimum atomic E-state index is -0.232. The molecule has 0 saturated carbocycles. The SMILES string of the molecule is Cc1ccc(C)c(-c2csc(NC(=O)COc3ccc(Br)cc3)n2)c1. The van der Waals surface area contributed by atoms with E-state index >= 15 is 0 Å². The van der Waals surface area contributed by atoms with Gasteiger partial charge in [0, 0.05) is 15.4 Å². The van der Waals surface area contributed by atoms with Gasteiger partial charge in [0.2, 0.25) is 0 Å². The lowest BCUT2D eigenvalue weighted by atomic mass is 10.0. The van der Waals surface area contributed by atoms with Crippen molar-refractivity contribution in [1.29, 1.82) is 0 Å². The van der Waals surface area contributed by atoms with Gasteiger partial charge in [-0.2, -0.15) is 0 Å². The van der Waals surface area contributed by atoms with Gasteiger partial charge in [0.1, 0.15) is 5.75 Å². The molecule has 25 heavy (non-hydrogen) atoms. The third-order valence-corrected chi connectivity index (χ3v) is 4.89. The molecule has 4 nitrogen and oxygen atoms in total. The molecule has 2 aromatic carbocycles. The summed E-state index contributed by atoms with van der Waals surface area (Å²) in [6.07, 6.45) is 0. The first kappa shape index (κ1) is 17.6. The van der Waals surface area contributed by atoms with Crippen molar-refractivity contribution >= 4 is 38.3 Å². The lowest BCUT2D eigenvalue weighted by Gasteiger charge is -2.06. The number of ether oxygens (including phenoxy) is 1. The first-order chi connectivity index (χ1) is 12.0. The van der Waals surface area contributed by atoms with Gasteiger partial charge in [-0.25, -0.2) is 4.98 Å². The maximum absolute atomic E-state index is 12.0. The fraction of sp³-hybridized carbons (Fsp3) is 0.158. The molecule has 0 aliphatic heterocycles. The van der Waals surface area contributed by atoms with E-state index in [1.165, 1.54) is 16.9 Å². The molecule has 1 N–H and O–H groups in total. The second-order valence-electron chi connectivity index (χ2n) is 5.65. The van der Waals surface area contributed by atoms with Crippen LogP contribution in [0.1, 0.15) is 11.1 Å². The normalized spacial score (nSPS) is 10.5. The summed E-state index contributed by atoms with van der Waals surface area (Å²) in [6, 6.07) is 13.6. The zero-order valence-electron chi connectivity index (χ0n) is 13.9. The van der Waals surface area contributed by atoms with Gasteiger partial charge in [-0.3, -0.25) is 10.1 Å². The number of nitrogens with zero attached hydrogens (tertiary/aromatic N) is 1. The molecular formula is C19H17BrN2O2S. The number of benzene rings is 2. The van der Waals surface area contributed by atoms with Crippen LogP contribution in [0.5, 0.6) is 5.75 Å². The highest BCUT2D eigenvalue weighted by Gasteiger charge is 2.10. The van der Waals surface area contributed by atoms with Gasteiger partial charge in [-0.05, 0) is 49.7 Å². The molecule has 0 atom stereocenters. The van der Waals surface area contributed by atoms with E-state index in [-0.39, 0.29) is 12.5 Å². The summed E-state index contributed by atoms with van der Waals surface area (Å²) in [5, 5.41) is 5.30. The van der Waals surface area contributed by atoms with Gasteiger partial charge in [0.05, 0.1) is 5.69 Å². The third kappa shape index (κ3) is 4.67. The van der Waals surface area contributed by atoms with Crippen LogP contribution in [0.3, 0.4) is 0 Å². The van der Waals surface area contributed by atoms with E-state index in [0.717, 1.165) is 21.3 Å². The van der Waals surface area contributed by atoms with Crippen molar-refractivity contribution in [1.82, 2.24) is 4.98 Å². The molecule has 0 spiro atoms. The number of aromatic nitrogens is 1. The lowest BCUT2D eigenvalue weighted by Crippen LogP contribution is -2.20. The molecule has 0 aliphatic carbocycles. The number of anilines is 1. The fourth-order valence-corrected chi connectivity index (χ4v) is 3.29. The molecular weight excluding hydrogens is 400 g/mol. The number of rotatable bonds is 5. The summed E-state index contributed by atoms with van der Waals surface area (Å²) in [5.41, 5.74) is 4.30. The molecule has 3 rings (SSSR count). The average molecular weight is 417 g/mol. The first-order valence-electron chi connectivity index (χ1n) is 7.72. The number of hydrogen-bond donors (Lipinski definition) is 1. The zero-order valence-corrected chi connectivity index (χ0v) is 16.3. The number of thiazole rings is 1. The molecule has 0 saturated heterocycles. The molecule has 0 bridgehead atoms. The van der Waals surface area contributed by atoms with Gasteiger partial charge in [-0.15, -0.1) is 11.3 Å². The van der Waals surface area contributed by atoms with Gasteiger partial charge >= 0.3 is 0 Å². The Morgan fingerprint density at radius 2 is 1.96 bits per heavy atom. The van der Waals surface area contributed by atoms with Crippen LogP contribution in [0.25, 0.3) is 11.3 Å². The smallest absolute Gasteiger partial charge is 0.264 e. The second kappa shape index (κ2) is 7.80. The maximum Gasteiger partial charge on any atom is 0.264 e. The van der Waals surface area contributed by atoms with Gasteiger partial charge < -0.3 is 4.74 Å². The van der Waals surface area contributed by atoms with E-state index < -0.39 is 0 Å². The average Bonchev–Trinajstić information content (AvgIpc) is 3.05. The molecule has 1 heterocycles. The van der Waals surface area contributed by atoms with Crippen LogP contribution in [0.4, 0.5) is 5.13 Å². The fourth-order valence-electron chi connectivity index (χ4n) is 2.30. The maximum atomic E-state index is 12.0. The number of nitrogens with one attached hydrogen (secondary N) is 1. The molecule has 0 radical (unpaired) electrons. The Bertz CT molecular complexity index is 891. The molecule has 1 amide bonds. The Kier molecular flexibility index (Phi) is 5.50. The van der Waals surface area contributed by atoms with Crippen molar-refractivity contribution in [2.24, 2.45) is 0 Å². The minimum Gasteiger partial charge on any atom is -0.484 e. The Morgan fingerprint density at radius 1 is 1.20 bits per heavy atom. The Hall–Kier alpha value is -2.18. The number of hydrogen-bond acceptors (Lipinski definition) is 4. The van der Waals surface area contributed by atoms with E-state index in [4.69, 9.17) is 4.74 Å². The third-order valence-electron chi connectivity index (χ3n) is 3.60. The highest BCUT2D eigenvalue weighted by atomic mass is 79.9. The van der Waals surface area contributed by atoms with Crippen LogP contribution >= 0.6 is 27.3 Å². The van der Waals surface area contributed by atoms with E-state index in [1.807, 2.05) is 17.5 Å². The standard InChI is InChI=1S/C19H17BrN2O2S/c1-12-3-4-13(2)16(9-12)17-11-25-19(21-17)22-18(23)10-24-15-7-5-14(20)6-8-15/h3-9,11H,10H2,1-2H3,(H,21,22,23). The highest BCUT2D eigenvalue weighted by molar-refractivity contribution is 9.10. The summed E-state index contributed by atoms with van der Waals surface area (Å²) in [5.74, 6) is 0.415. The van der Waals surface area contributed by atoms with Crippen LogP contribution in [0.15, 0.2) is 52.3 Å². The zero-order chi connectivity index (χ0) is 17.8. The summed E-state index contributed by atoms with van der Waals surface area (Å²) < 4.78 is 6.43. The Labute approximate surface area is 159 Å². The van der Waals surface area contributed by atoms with Crippen molar-refractivity contribution in [2.45, 2.75) is 13.8 Å². The summed E-state index contributed by atoms with van der Waals surface area (Å²) in [4.78, 5) is 16.6. The predicted octanol–water partition coefficient (Wildman–Crippen LogP) is 5.21. The first-order valence-corrected chi connectivity index (χ1v) is 9.40. The number of aryl methyl sites for hydroxylation is 2. The molecule has 128 valence electrons. The Morgan fingerprint density at radius 3 is 2.72 bits per heavy atom. The van der Waals surface area contributed by atoms with Crippen molar-refractivity contribution < 1.29 is 9.53 Å². The van der Waals surface area contributed by atoms with Crippen molar-refractivity contribution in [3.05, 3.63) is 63.4 Å². The molecule has 6 heteroatoms. The van der Waals surface area contributed by atoms with Crippen LogP contribution in [0.2, 0.25) is 0 Å². The highest BCUT2D eigenvalue weighted by Crippen LogP contribution is 2.28. The molecule has 0 fully saturated rings. The van der Waals surface area contributed by atoms with Crippen LogP contribution < -0.4 is 10.1 Å². The summed E-state index contributed by atoms with van der Waals surface area (Å²) in [6.45, 7) is 4.05. The molecule has 3 aromatic rings. The number of carbonyl (C=O) groups is 1. The van der Waals surface area contributed by atoms with Gasteiger partial charge in [-0.1, -0.05) is 33.6 Å². The van der Waals surface area contributed by atoms with Crippen LogP contribution in [-0.4, -0.2) is 17.5 Å². The largest absolute Gasteiger partial charge is 0.484 e. The van der Waals surface area contributed by atoms with E-state index in [2.05, 4.69) is 58.3 Å². The van der Waals surface area contributed by atoms with Crippen molar-refractivity contribution in [3.8, 4) is 17.0 Å². The predicted molar refractivity (Wildman–Crippen MR) is 105 cm³/mol. The number of amides is 1. The summed E-state index contributed by atoms with van der Waals surface area (Å²) >= 11 is 4.77.